The Hall–Kier alpha value is -2.03. The minimum absolute atomic E-state index is 0.0683. The van der Waals surface area contributed by atoms with Crippen LogP contribution in [0.1, 0.15) is 21.7 Å². The number of carbonyl (C=O) groups excluding carboxylic acids is 1. The lowest BCUT2D eigenvalue weighted by Crippen LogP contribution is -2.05. The fraction of sp³-hybridized carbons (Fsp3) is 0.154. The third-order valence-electron chi connectivity index (χ3n) is 2.27. The minimum Gasteiger partial charge on any atom is -0.294 e. The van der Waals surface area contributed by atoms with Crippen LogP contribution in [0.2, 0.25) is 0 Å². The topological polar surface area (TPSA) is 42.9 Å². The maximum absolute atomic E-state index is 11.8. The molecule has 1 aromatic heterocycles. The molecule has 0 saturated heterocycles. The quantitative estimate of drug-likeness (QED) is 0.732. The van der Waals surface area contributed by atoms with Crippen molar-refractivity contribution in [2.75, 3.05) is 0 Å². The molecule has 0 amide bonds. The number of hydrogen-bond donors (Lipinski definition) is 0. The van der Waals surface area contributed by atoms with Crippen molar-refractivity contribution in [1.29, 1.82) is 0 Å². The lowest BCUT2D eigenvalue weighted by molar-refractivity contribution is 0.0992. The van der Waals surface area contributed by atoms with Crippen LogP contribution in [0.3, 0.4) is 0 Å². The number of ketones is 1. The van der Waals surface area contributed by atoms with Gasteiger partial charge in [-0.05, 0) is 6.92 Å². The van der Waals surface area contributed by atoms with Gasteiger partial charge in [0, 0.05) is 18.0 Å². The zero-order valence-electron chi connectivity index (χ0n) is 9.05. The number of aromatic nitrogens is 2. The van der Waals surface area contributed by atoms with Gasteiger partial charge in [-0.2, -0.15) is 0 Å². The summed E-state index contributed by atoms with van der Waals surface area (Å²) in [6.07, 6.45) is 3.63. The van der Waals surface area contributed by atoms with Crippen LogP contribution >= 0.6 is 0 Å². The van der Waals surface area contributed by atoms with Gasteiger partial charge in [0.05, 0.1) is 17.8 Å². The Morgan fingerprint density at radius 2 is 1.88 bits per heavy atom. The Morgan fingerprint density at radius 1 is 1.12 bits per heavy atom. The van der Waals surface area contributed by atoms with Gasteiger partial charge in [-0.1, -0.05) is 30.3 Å². The van der Waals surface area contributed by atoms with Crippen LogP contribution in [0.5, 0.6) is 0 Å². The summed E-state index contributed by atoms with van der Waals surface area (Å²) in [5.74, 6) is 0.0683. The number of benzene rings is 1. The smallest absolute Gasteiger partial charge is 0.168 e. The second kappa shape index (κ2) is 4.66. The largest absolute Gasteiger partial charge is 0.294 e. The summed E-state index contributed by atoms with van der Waals surface area (Å²) in [5.41, 5.74) is 2.28. The van der Waals surface area contributed by atoms with Crippen molar-refractivity contribution in [2.45, 2.75) is 13.3 Å². The lowest BCUT2D eigenvalue weighted by atomic mass is 10.1. The third-order valence-corrected chi connectivity index (χ3v) is 2.27. The first-order valence-electron chi connectivity index (χ1n) is 5.11. The van der Waals surface area contributed by atoms with E-state index in [1.165, 1.54) is 0 Å². The van der Waals surface area contributed by atoms with Crippen LogP contribution in [0.4, 0.5) is 0 Å². The predicted molar refractivity (Wildman–Crippen MR) is 61.2 cm³/mol. The van der Waals surface area contributed by atoms with Gasteiger partial charge in [0.1, 0.15) is 0 Å². The summed E-state index contributed by atoms with van der Waals surface area (Å²) >= 11 is 0. The maximum Gasteiger partial charge on any atom is 0.168 e. The molecule has 0 atom stereocenters. The molecular formula is C13H12N2O. The molecule has 2 rings (SSSR count). The van der Waals surface area contributed by atoms with Gasteiger partial charge in [-0.25, -0.2) is 0 Å². The third kappa shape index (κ3) is 2.51. The van der Waals surface area contributed by atoms with Gasteiger partial charge in [0.2, 0.25) is 0 Å². The molecule has 80 valence electrons. The van der Waals surface area contributed by atoms with Crippen LogP contribution in [-0.2, 0) is 6.42 Å². The van der Waals surface area contributed by atoms with Crippen molar-refractivity contribution in [2.24, 2.45) is 0 Å². The average Bonchev–Trinajstić information content (AvgIpc) is 2.33. The number of rotatable bonds is 3. The Bertz CT molecular complexity index is 477. The van der Waals surface area contributed by atoms with Crippen LogP contribution < -0.4 is 0 Å². The van der Waals surface area contributed by atoms with E-state index in [9.17, 15) is 4.79 Å². The van der Waals surface area contributed by atoms with E-state index in [4.69, 9.17) is 0 Å². The Kier molecular flexibility index (Phi) is 3.05. The number of nitrogens with zero attached hydrogens (tertiary/aromatic N) is 2. The fourth-order valence-electron chi connectivity index (χ4n) is 1.40. The summed E-state index contributed by atoms with van der Waals surface area (Å²) in [6.45, 7) is 1.87. The monoisotopic (exact) mass is 212 g/mol. The molecule has 0 bridgehead atoms. The van der Waals surface area contributed by atoms with Crippen LogP contribution in [-0.4, -0.2) is 15.8 Å². The number of aryl methyl sites for hydroxylation is 1. The molecule has 1 heterocycles. The minimum atomic E-state index is 0.0683. The van der Waals surface area contributed by atoms with Crippen LogP contribution in [0.15, 0.2) is 42.7 Å². The molecule has 3 heteroatoms. The molecule has 0 aliphatic rings. The highest BCUT2D eigenvalue weighted by atomic mass is 16.1. The van der Waals surface area contributed by atoms with E-state index in [1.807, 2.05) is 37.3 Å². The van der Waals surface area contributed by atoms with E-state index in [0.29, 0.717) is 17.7 Å². The zero-order chi connectivity index (χ0) is 11.4. The molecule has 0 aliphatic heterocycles. The van der Waals surface area contributed by atoms with E-state index < -0.39 is 0 Å². The van der Waals surface area contributed by atoms with Gasteiger partial charge in [-0.15, -0.1) is 0 Å². The van der Waals surface area contributed by atoms with Crippen molar-refractivity contribution in [3.63, 3.8) is 0 Å². The molecule has 0 N–H and O–H groups in total. The Balaban J connectivity index is 2.11. The summed E-state index contributed by atoms with van der Waals surface area (Å²) in [5, 5.41) is 0. The first kappa shape index (κ1) is 10.5. The standard InChI is InChI=1S/C13H12N2O/c1-10-8-15-12(9-14-10)7-13(16)11-5-3-2-4-6-11/h2-6,8-9H,7H2,1H3. The van der Waals surface area contributed by atoms with Crippen molar-refractivity contribution in [3.8, 4) is 0 Å². The lowest BCUT2D eigenvalue weighted by Gasteiger charge is -2.00. The van der Waals surface area contributed by atoms with Gasteiger partial charge in [0.15, 0.2) is 5.78 Å². The van der Waals surface area contributed by atoms with E-state index >= 15 is 0 Å². The van der Waals surface area contributed by atoms with Crippen molar-refractivity contribution in [3.05, 3.63) is 59.7 Å². The summed E-state index contributed by atoms with van der Waals surface area (Å²) < 4.78 is 0. The molecule has 16 heavy (non-hydrogen) atoms. The highest BCUT2D eigenvalue weighted by Crippen LogP contribution is 2.04. The second-order valence-electron chi connectivity index (χ2n) is 3.62. The van der Waals surface area contributed by atoms with Crippen molar-refractivity contribution >= 4 is 5.78 Å². The molecule has 0 aliphatic carbocycles. The Labute approximate surface area is 94.2 Å². The maximum atomic E-state index is 11.8. The molecular weight excluding hydrogens is 200 g/mol. The zero-order valence-corrected chi connectivity index (χ0v) is 9.05. The predicted octanol–water partition coefficient (Wildman–Crippen LogP) is 2.21. The van der Waals surface area contributed by atoms with E-state index in [-0.39, 0.29) is 5.78 Å². The number of Topliss-reactive ketones (excluding diaryl/α,β-unsaturated/α-hetero) is 1. The van der Waals surface area contributed by atoms with Crippen molar-refractivity contribution in [1.82, 2.24) is 9.97 Å². The van der Waals surface area contributed by atoms with Gasteiger partial charge < -0.3 is 0 Å². The SMILES string of the molecule is Cc1cnc(CC(=O)c2ccccc2)cn1. The normalized spacial score (nSPS) is 10.1. The number of carbonyl (C=O) groups is 1. The van der Waals surface area contributed by atoms with Gasteiger partial charge >= 0.3 is 0 Å². The summed E-state index contributed by atoms with van der Waals surface area (Å²) in [4.78, 5) is 20.1. The Morgan fingerprint density at radius 3 is 2.50 bits per heavy atom. The molecule has 0 unspecified atom stereocenters. The fourth-order valence-corrected chi connectivity index (χ4v) is 1.40. The molecule has 0 radical (unpaired) electrons. The molecule has 3 nitrogen and oxygen atoms in total. The van der Waals surface area contributed by atoms with Gasteiger partial charge in [-0.3, -0.25) is 14.8 Å². The highest BCUT2D eigenvalue weighted by Gasteiger charge is 2.07. The first-order valence-corrected chi connectivity index (χ1v) is 5.11. The van der Waals surface area contributed by atoms with E-state index in [2.05, 4.69) is 9.97 Å². The molecule has 0 spiro atoms. The molecule has 0 fully saturated rings. The summed E-state index contributed by atoms with van der Waals surface area (Å²) in [6, 6.07) is 9.22. The van der Waals surface area contributed by atoms with Gasteiger partial charge in [0.25, 0.3) is 0 Å². The van der Waals surface area contributed by atoms with Crippen LogP contribution in [0, 0.1) is 6.92 Å². The molecule has 1 aromatic carbocycles. The number of hydrogen-bond acceptors (Lipinski definition) is 3. The molecule has 0 saturated carbocycles. The first-order chi connectivity index (χ1) is 7.75. The van der Waals surface area contributed by atoms with E-state index in [0.717, 1.165) is 5.69 Å². The molecule has 2 aromatic rings. The average molecular weight is 212 g/mol. The van der Waals surface area contributed by atoms with E-state index in [1.54, 1.807) is 12.4 Å². The highest BCUT2D eigenvalue weighted by molar-refractivity contribution is 5.97. The van der Waals surface area contributed by atoms with Crippen LogP contribution in [0.25, 0.3) is 0 Å². The van der Waals surface area contributed by atoms with Crippen molar-refractivity contribution < 1.29 is 4.79 Å². The second-order valence-corrected chi connectivity index (χ2v) is 3.62. The summed E-state index contributed by atoms with van der Waals surface area (Å²) in [7, 11) is 0.